The highest BCUT2D eigenvalue weighted by molar-refractivity contribution is 5.72. The minimum atomic E-state index is -0.485. The number of benzene rings is 1. The molecule has 0 unspecified atom stereocenters. The van der Waals surface area contributed by atoms with Gasteiger partial charge in [-0.2, -0.15) is 0 Å². The van der Waals surface area contributed by atoms with E-state index in [0.29, 0.717) is 6.54 Å². The van der Waals surface area contributed by atoms with Crippen molar-refractivity contribution in [1.82, 2.24) is 5.32 Å². The maximum absolute atomic E-state index is 10.9. The van der Waals surface area contributed by atoms with Crippen LogP contribution >= 0.6 is 0 Å². The second kappa shape index (κ2) is 6.12. The quantitative estimate of drug-likeness (QED) is 0.706. The van der Waals surface area contributed by atoms with Crippen LogP contribution in [0.1, 0.15) is 36.9 Å². The topological polar surface area (TPSA) is 81.1 Å². The Kier molecular flexibility index (Phi) is 4.79. The average Bonchev–Trinajstić information content (AvgIpc) is 2.28. The highest BCUT2D eigenvalue weighted by Gasteiger charge is 2.11. The number of hydrogen-bond donors (Lipinski definition) is 3. The molecule has 88 valence electrons. The molecule has 1 rings (SSSR count). The van der Waals surface area contributed by atoms with Gasteiger partial charge >= 0.3 is 6.03 Å². The van der Waals surface area contributed by atoms with Gasteiger partial charge in [0.05, 0.1) is 6.04 Å². The maximum atomic E-state index is 10.9. The van der Waals surface area contributed by atoms with Crippen molar-refractivity contribution in [2.24, 2.45) is 11.5 Å². The fourth-order valence-corrected chi connectivity index (χ4v) is 1.67. The third kappa shape index (κ3) is 3.55. The predicted octanol–water partition coefficient (Wildman–Crippen LogP) is 1.65. The Balaban J connectivity index is 2.79. The molecular weight excluding hydrogens is 202 g/mol. The molecule has 0 radical (unpaired) electrons. The van der Waals surface area contributed by atoms with Crippen molar-refractivity contribution in [3.05, 3.63) is 35.4 Å². The van der Waals surface area contributed by atoms with Crippen molar-refractivity contribution in [2.45, 2.75) is 32.4 Å². The van der Waals surface area contributed by atoms with Gasteiger partial charge in [0.1, 0.15) is 0 Å². The molecule has 0 saturated carbocycles. The molecule has 0 bridgehead atoms. The zero-order valence-electron chi connectivity index (χ0n) is 9.57. The molecular formula is C12H19N3O. The molecule has 5 N–H and O–H groups in total. The number of hydrogen-bond acceptors (Lipinski definition) is 2. The largest absolute Gasteiger partial charge is 0.352 e. The molecule has 4 heteroatoms. The van der Waals surface area contributed by atoms with Crippen LogP contribution < -0.4 is 16.8 Å². The Labute approximate surface area is 96.0 Å². The molecule has 0 saturated heterocycles. The van der Waals surface area contributed by atoms with E-state index >= 15 is 0 Å². The van der Waals surface area contributed by atoms with Gasteiger partial charge in [0.2, 0.25) is 0 Å². The zero-order valence-corrected chi connectivity index (χ0v) is 9.57. The molecule has 0 aromatic heterocycles. The summed E-state index contributed by atoms with van der Waals surface area (Å²) in [4.78, 5) is 10.9. The highest BCUT2D eigenvalue weighted by atomic mass is 16.2. The maximum Gasteiger partial charge on any atom is 0.312 e. The Morgan fingerprint density at radius 1 is 1.38 bits per heavy atom. The number of primary amides is 1. The molecule has 1 aromatic rings. The van der Waals surface area contributed by atoms with E-state index in [1.54, 1.807) is 0 Å². The Hall–Kier alpha value is -1.55. The number of carbonyl (C=O) groups is 1. The van der Waals surface area contributed by atoms with Crippen LogP contribution in [0, 0.1) is 0 Å². The van der Waals surface area contributed by atoms with Crippen LogP contribution in [0.25, 0.3) is 0 Å². The molecule has 0 fully saturated rings. The van der Waals surface area contributed by atoms with Crippen LogP contribution in [0.2, 0.25) is 0 Å². The average molecular weight is 221 g/mol. The number of nitrogens with two attached hydrogens (primary N) is 2. The lowest BCUT2D eigenvalue weighted by Gasteiger charge is -2.17. The van der Waals surface area contributed by atoms with E-state index in [2.05, 4.69) is 12.2 Å². The second-order valence-corrected chi connectivity index (χ2v) is 3.80. The minimum absolute atomic E-state index is 0.00526. The molecule has 2 amide bonds. The summed E-state index contributed by atoms with van der Waals surface area (Å²) in [5.74, 6) is 0. The fourth-order valence-electron chi connectivity index (χ4n) is 1.67. The first kappa shape index (κ1) is 12.5. The van der Waals surface area contributed by atoms with Crippen LogP contribution in [0.4, 0.5) is 4.79 Å². The summed E-state index contributed by atoms with van der Waals surface area (Å²) in [5, 5.41) is 2.74. The first-order chi connectivity index (χ1) is 7.67. The molecule has 0 aliphatic carbocycles. The molecule has 0 aliphatic rings. The lowest BCUT2D eigenvalue weighted by atomic mass is 10.0. The minimum Gasteiger partial charge on any atom is -0.352 e. The summed E-state index contributed by atoms with van der Waals surface area (Å²) in [6.45, 7) is 2.60. The van der Waals surface area contributed by atoms with E-state index in [4.69, 9.17) is 11.5 Å². The normalized spacial score (nSPS) is 12.1. The lowest BCUT2D eigenvalue weighted by Crippen LogP contribution is -2.33. The van der Waals surface area contributed by atoms with E-state index < -0.39 is 6.03 Å². The standard InChI is InChI=1S/C12H19N3O/c1-2-3-11(15-12(14)16)10-6-4-9(8-13)5-7-10/h4-7,11H,2-3,8,13H2,1H3,(H3,14,15,16)/t11-/m1/s1. The summed E-state index contributed by atoms with van der Waals surface area (Å²) in [7, 11) is 0. The Bertz CT molecular complexity index is 335. The monoisotopic (exact) mass is 221 g/mol. The molecule has 1 atom stereocenters. The van der Waals surface area contributed by atoms with E-state index in [0.717, 1.165) is 24.0 Å². The number of amides is 2. The molecule has 4 nitrogen and oxygen atoms in total. The highest BCUT2D eigenvalue weighted by Crippen LogP contribution is 2.18. The van der Waals surface area contributed by atoms with Gasteiger partial charge in [-0.1, -0.05) is 37.6 Å². The third-order valence-electron chi connectivity index (χ3n) is 2.51. The Morgan fingerprint density at radius 3 is 2.44 bits per heavy atom. The first-order valence-corrected chi connectivity index (χ1v) is 5.52. The van der Waals surface area contributed by atoms with Crippen molar-refractivity contribution < 1.29 is 4.79 Å². The van der Waals surface area contributed by atoms with Gasteiger partial charge < -0.3 is 16.8 Å². The smallest absolute Gasteiger partial charge is 0.312 e. The van der Waals surface area contributed by atoms with E-state index in [1.807, 2.05) is 24.3 Å². The van der Waals surface area contributed by atoms with Gasteiger partial charge in [0, 0.05) is 6.54 Å². The molecule has 0 aliphatic heterocycles. The van der Waals surface area contributed by atoms with Crippen LogP contribution in [-0.4, -0.2) is 6.03 Å². The van der Waals surface area contributed by atoms with Gasteiger partial charge in [-0.3, -0.25) is 0 Å². The summed E-state index contributed by atoms with van der Waals surface area (Å²) in [5.41, 5.74) is 12.8. The van der Waals surface area contributed by atoms with Crippen molar-refractivity contribution in [2.75, 3.05) is 0 Å². The zero-order chi connectivity index (χ0) is 12.0. The van der Waals surface area contributed by atoms with Crippen molar-refractivity contribution in [3.63, 3.8) is 0 Å². The van der Waals surface area contributed by atoms with Crippen molar-refractivity contribution >= 4 is 6.03 Å². The summed E-state index contributed by atoms with van der Waals surface area (Å²) in [6.07, 6.45) is 1.87. The SMILES string of the molecule is CCC[C@@H](NC(N)=O)c1ccc(CN)cc1. The van der Waals surface area contributed by atoms with Gasteiger partial charge in [-0.25, -0.2) is 4.79 Å². The number of nitrogens with one attached hydrogen (secondary N) is 1. The van der Waals surface area contributed by atoms with Crippen LogP contribution in [0.15, 0.2) is 24.3 Å². The van der Waals surface area contributed by atoms with Crippen LogP contribution in [0.5, 0.6) is 0 Å². The van der Waals surface area contributed by atoms with Crippen LogP contribution in [-0.2, 0) is 6.54 Å². The predicted molar refractivity (Wildman–Crippen MR) is 64.7 cm³/mol. The fraction of sp³-hybridized carbons (Fsp3) is 0.417. The first-order valence-electron chi connectivity index (χ1n) is 5.52. The summed E-state index contributed by atoms with van der Waals surface area (Å²) < 4.78 is 0. The number of urea groups is 1. The second-order valence-electron chi connectivity index (χ2n) is 3.80. The van der Waals surface area contributed by atoms with Gasteiger partial charge in [-0.15, -0.1) is 0 Å². The van der Waals surface area contributed by atoms with Crippen molar-refractivity contribution in [3.8, 4) is 0 Å². The summed E-state index contributed by atoms with van der Waals surface area (Å²) >= 11 is 0. The molecule has 1 aromatic carbocycles. The lowest BCUT2D eigenvalue weighted by molar-refractivity contribution is 0.244. The third-order valence-corrected chi connectivity index (χ3v) is 2.51. The van der Waals surface area contributed by atoms with E-state index in [1.165, 1.54) is 0 Å². The van der Waals surface area contributed by atoms with E-state index in [9.17, 15) is 4.79 Å². The number of rotatable bonds is 5. The molecule has 0 spiro atoms. The van der Waals surface area contributed by atoms with E-state index in [-0.39, 0.29) is 6.04 Å². The summed E-state index contributed by atoms with van der Waals surface area (Å²) in [6, 6.07) is 7.42. The molecule has 0 heterocycles. The van der Waals surface area contributed by atoms with Gasteiger partial charge in [0.25, 0.3) is 0 Å². The Morgan fingerprint density at radius 2 is 2.00 bits per heavy atom. The number of carbonyl (C=O) groups excluding carboxylic acids is 1. The van der Waals surface area contributed by atoms with Gasteiger partial charge in [-0.05, 0) is 17.5 Å². The van der Waals surface area contributed by atoms with Crippen LogP contribution in [0.3, 0.4) is 0 Å². The van der Waals surface area contributed by atoms with Gasteiger partial charge in [0.15, 0.2) is 0 Å². The molecule has 16 heavy (non-hydrogen) atoms. The van der Waals surface area contributed by atoms with Crippen molar-refractivity contribution in [1.29, 1.82) is 0 Å².